The van der Waals surface area contributed by atoms with Gasteiger partial charge in [-0.2, -0.15) is 5.10 Å². The number of halogens is 2. The average Bonchev–Trinajstić information content (AvgIpc) is 3.26. The van der Waals surface area contributed by atoms with E-state index in [-0.39, 0.29) is 28.4 Å². The Morgan fingerprint density at radius 2 is 2.00 bits per heavy atom. The molecule has 3 heterocycles. The normalized spacial score (nSPS) is 14.7. The lowest BCUT2D eigenvalue weighted by atomic mass is 9.59. The molecule has 1 aliphatic heterocycles. The Bertz CT molecular complexity index is 1420. The van der Waals surface area contributed by atoms with Gasteiger partial charge < -0.3 is 9.64 Å². The van der Waals surface area contributed by atoms with Gasteiger partial charge in [0.2, 0.25) is 0 Å². The van der Waals surface area contributed by atoms with Crippen LogP contribution in [0.25, 0.3) is 22.0 Å². The third-order valence-corrected chi connectivity index (χ3v) is 6.19. The molecular weight excluding hydrogens is 440 g/mol. The van der Waals surface area contributed by atoms with Gasteiger partial charge in [-0.05, 0) is 47.5 Å². The molecule has 10 heteroatoms. The Morgan fingerprint density at radius 3 is 2.70 bits per heavy atom. The summed E-state index contributed by atoms with van der Waals surface area (Å²) in [6, 6.07) is 9.82. The van der Waals surface area contributed by atoms with Crippen LogP contribution in [0.1, 0.15) is 21.6 Å². The molecule has 0 N–H and O–H groups in total. The van der Waals surface area contributed by atoms with Crippen molar-refractivity contribution < 1.29 is 13.9 Å². The number of methoxy groups -OCH3 is 1. The van der Waals surface area contributed by atoms with Gasteiger partial charge in [-0.15, -0.1) is 0 Å². The summed E-state index contributed by atoms with van der Waals surface area (Å²) >= 11 is 6.51. The molecule has 0 spiro atoms. The largest absolute Gasteiger partial charge is 0.494 e. The summed E-state index contributed by atoms with van der Waals surface area (Å²) < 4.78 is 22.4. The summed E-state index contributed by atoms with van der Waals surface area (Å²) in [7, 11) is 15.8. The van der Waals surface area contributed by atoms with Crippen molar-refractivity contribution >= 4 is 44.1 Å². The number of aromatic nitrogens is 3. The lowest BCUT2D eigenvalue weighted by Crippen LogP contribution is -2.44. The van der Waals surface area contributed by atoms with E-state index in [2.05, 4.69) is 10.1 Å². The summed E-state index contributed by atoms with van der Waals surface area (Å²) in [6.07, 6.45) is 3.33. The number of ether oxygens (including phenoxy) is 1. The van der Waals surface area contributed by atoms with Crippen LogP contribution in [0.3, 0.4) is 0 Å². The Labute approximate surface area is 197 Å². The molecule has 0 aliphatic carbocycles. The molecule has 0 atom stereocenters. The molecule has 0 fully saturated rings. The van der Waals surface area contributed by atoms with Crippen molar-refractivity contribution in [2.75, 3.05) is 7.11 Å². The van der Waals surface area contributed by atoms with Crippen molar-refractivity contribution in [3.63, 3.8) is 0 Å². The van der Waals surface area contributed by atoms with Crippen molar-refractivity contribution in [3.05, 3.63) is 76.5 Å². The molecule has 0 bridgehead atoms. The van der Waals surface area contributed by atoms with Crippen LogP contribution in [-0.4, -0.2) is 48.4 Å². The van der Waals surface area contributed by atoms with Gasteiger partial charge >= 0.3 is 0 Å². The van der Waals surface area contributed by atoms with Crippen LogP contribution in [-0.2, 0) is 18.9 Å². The second-order valence-electron chi connectivity index (χ2n) is 7.92. The summed E-state index contributed by atoms with van der Waals surface area (Å²) in [5.74, 6) is -0.409. The van der Waals surface area contributed by atoms with Crippen LogP contribution in [0.15, 0.2) is 48.8 Å². The minimum absolute atomic E-state index is 0.109. The van der Waals surface area contributed by atoms with E-state index in [0.717, 1.165) is 10.9 Å². The van der Waals surface area contributed by atoms with E-state index in [1.54, 1.807) is 43.1 Å². The summed E-state index contributed by atoms with van der Waals surface area (Å²) in [5, 5.41) is 3.69. The van der Waals surface area contributed by atoms with Gasteiger partial charge in [-0.25, -0.2) is 4.39 Å². The summed E-state index contributed by atoms with van der Waals surface area (Å²) in [4.78, 5) is 18.2. The fourth-order valence-corrected chi connectivity index (χ4v) is 4.49. The molecule has 1 amide bonds. The number of hydrogen-bond donors (Lipinski definition) is 0. The van der Waals surface area contributed by atoms with E-state index >= 15 is 4.39 Å². The van der Waals surface area contributed by atoms with Crippen LogP contribution in [0.4, 0.5) is 4.39 Å². The highest BCUT2D eigenvalue weighted by molar-refractivity contribution is 6.42. The van der Waals surface area contributed by atoms with Crippen molar-refractivity contribution in [1.29, 1.82) is 0 Å². The maximum atomic E-state index is 15.3. The standard InChI is InChI=1S/C23H16B2ClFN4O2/c1-30-10-15-13(5-6-19(33-2)20(15)29-30)12-8-17(26)16(18(27)9-12)11-31-22(32)14-4-3-7-28-21(14)23(31,24)25/h3-10H,11H2,1-2H3. The zero-order valence-corrected chi connectivity index (χ0v) is 18.6. The van der Waals surface area contributed by atoms with Gasteiger partial charge in [-0.1, -0.05) is 11.6 Å². The Balaban J connectivity index is 1.55. The zero-order chi connectivity index (χ0) is 23.5. The lowest BCUT2D eigenvalue weighted by Gasteiger charge is -2.33. The molecular formula is C23H16B2ClFN4O2. The van der Waals surface area contributed by atoms with Crippen molar-refractivity contribution in [2.24, 2.45) is 7.05 Å². The molecule has 0 unspecified atom stereocenters. The minimum Gasteiger partial charge on any atom is -0.494 e. The third-order valence-electron chi connectivity index (χ3n) is 5.85. The highest BCUT2D eigenvalue weighted by Crippen LogP contribution is 2.39. The molecule has 160 valence electrons. The fourth-order valence-electron chi connectivity index (χ4n) is 4.22. The van der Waals surface area contributed by atoms with Crippen LogP contribution in [0.2, 0.25) is 5.02 Å². The maximum Gasteiger partial charge on any atom is 0.255 e. The monoisotopic (exact) mass is 456 g/mol. The van der Waals surface area contributed by atoms with Gasteiger partial charge in [0.05, 0.1) is 34.1 Å². The number of carbonyl (C=O) groups excluding carboxylic acids is 1. The van der Waals surface area contributed by atoms with E-state index in [1.165, 1.54) is 17.2 Å². The number of carbonyl (C=O) groups is 1. The van der Waals surface area contributed by atoms with Crippen LogP contribution in [0.5, 0.6) is 5.75 Å². The number of benzene rings is 2. The molecule has 2 aromatic heterocycles. The van der Waals surface area contributed by atoms with E-state index in [0.29, 0.717) is 16.8 Å². The fraction of sp³-hybridized carbons (Fsp3) is 0.174. The first-order valence-corrected chi connectivity index (χ1v) is 10.4. The molecule has 4 aromatic rings. The number of fused-ring (bicyclic) bond motifs is 2. The molecule has 4 radical (unpaired) electrons. The molecule has 0 saturated heterocycles. The predicted molar refractivity (Wildman–Crippen MR) is 125 cm³/mol. The second-order valence-corrected chi connectivity index (χ2v) is 8.32. The van der Waals surface area contributed by atoms with E-state index < -0.39 is 17.1 Å². The maximum absolute atomic E-state index is 15.3. The van der Waals surface area contributed by atoms with Gasteiger partial charge in [0.1, 0.15) is 17.1 Å². The van der Waals surface area contributed by atoms with Crippen LogP contribution >= 0.6 is 11.6 Å². The third kappa shape index (κ3) is 3.30. The minimum atomic E-state index is -1.68. The van der Waals surface area contributed by atoms with E-state index in [1.807, 2.05) is 12.3 Å². The van der Waals surface area contributed by atoms with Crippen molar-refractivity contribution in [1.82, 2.24) is 19.7 Å². The number of amides is 1. The first-order valence-electron chi connectivity index (χ1n) is 10.1. The summed E-state index contributed by atoms with van der Waals surface area (Å²) in [5.41, 5.74) is 2.59. The average molecular weight is 456 g/mol. The second kappa shape index (κ2) is 7.63. The first-order chi connectivity index (χ1) is 15.7. The predicted octanol–water partition coefficient (Wildman–Crippen LogP) is 3.54. The quantitative estimate of drug-likeness (QED) is 0.441. The van der Waals surface area contributed by atoms with E-state index in [4.69, 9.17) is 32.0 Å². The van der Waals surface area contributed by atoms with Crippen molar-refractivity contribution in [3.8, 4) is 16.9 Å². The SMILES string of the molecule is [B]C1([B])c2ncccc2C(=O)N1Cc1c(F)cc(-c2ccc(OC)c3nn(C)cc23)cc1Cl. The number of aryl methyl sites for hydroxylation is 1. The van der Waals surface area contributed by atoms with E-state index in [9.17, 15) is 4.79 Å². The smallest absolute Gasteiger partial charge is 0.255 e. The number of pyridine rings is 1. The Kier molecular flexibility index (Phi) is 4.97. The molecule has 33 heavy (non-hydrogen) atoms. The van der Waals surface area contributed by atoms with Gasteiger partial charge in [0, 0.05) is 47.3 Å². The molecule has 2 aromatic carbocycles. The number of rotatable bonds is 4. The Hall–Kier alpha value is -3.32. The zero-order valence-electron chi connectivity index (χ0n) is 17.8. The molecule has 0 saturated carbocycles. The number of hydrogen-bond acceptors (Lipinski definition) is 4. The van der Waals surface area contributed by atoms with Crippen LogP contribution < -0.4 is 4.74 Å². The van der Waals surface area contributed by atoms with Gasteiger partial charge in [-0.3, -0.25) is 14.5 Å². The molecule has 5 rings (SSSR count). The highest BCUT2D eigenvalue weighted by atomic mass is 35.5. The van der Waals surface area contributed by atoms with Gasteiger partial charge in [0.15, 0.2) is 0 Å². The van der Waals surface area contributed by atoms with Crippen molar-refractivity contribution in [2.45, 2.75) is 11.9 Å². The topological polar surface area (TPSA) is 60.3 Å². The number of nitrogens with zero attached hydrogens (tertiary/aromatic N) is 4. The molecule has 1 aliphatic rings. The van der Waals surface area contributed by atoms with Crippen LogP contribution in [0, 0.1) is 5.82 Å². The molecule has 6 nitrogen and oxygen atoms in total. The Morgan fingerprint density at radius 1 is 1.21 bits per heavy atom. The van der Waals surface area contributed by atoms with Gasteiger partial charge in [0.25, 0.3) is 5.91 Å². The summed E-state index contributed by atoms with van der Waals surface area (Å²) in [6.45, 7) is -0.210. The lowest BCUT2D eigenvalue weighted by molar-refractivity contribution is 0.0729. The highest BCUT2D eigenvalue weighted by Gasteiger charge is 2.43. The first kappa shape index (κ1) is 21.5.